The molecule has 144 valence electrons. The number of nitro groups is 1. The highest BCUT2D eigenvalue weighted by molar-refractivity contribution is 5.96. The lowest BCUT2D eigenvalue weighted by molar-refractivity contribution is -0.384. The third-order valence-corrected chi connectivity index (χ3v) is 3.89. The summed E-state index contributed by atoms with van der Waals surface area (Å²) in [5.41, 5.74) is 1.20. The first kappa shape index (κ1) is 20.0. The van der Waals surface area contributed by atoms with Crippen molar-refractivity contribution in [2.24, 2.45) is 0 Å². The predicted octanol–water partition coefficient (Wildman–Crippen LogP) is 2.99. The summed E-state index contributed by atoms with van der Waals surface area (Å²) in [6.45, 7) is 4.24. The number of furan rings is 1. The molecule has 0 spiro atoms. The second-order valence-electron chi connectivity index (χ2n) is 5.92. The maximum Gasteiger partial charge on any atom is 0.339 e. The molecular formula is C18H21N3O6. The van der Waals surface area contributed by atoms with Crippen molar-refractivity contribution in [2.75, 3.05) is 18.4 Å². The number of hydrogen-bond acceptors (Lipinski definition) is 6. The Labute approximate surface area is 155 Å². The zero-order chi connectivity index (χ0) is 20.0. The Bertz CT molecular complexity index is 859. The Hall–Kier alpha value is -3.36. The summed E-state index contributed by atoms with van der Waals surface area (Å²) >= 11 is 0. The molecule has 1 aromatic heterocycles. The molecule has 1 amide bonds. The molecule has 0 radical (unpaired) electrons. The smallest absolute Gasteiger partial charge is 0.339 e. The van der Waals surface area contributed by atoms with Crippen LogP contribution in [0.1, 0.15) is 45.6 Å². The molecule has 0 bridgehead atoms. The number of nitro benzene ring substituents is 1. The maximum absolute atomic E-state index is 12.1. The van der Waals surface area contributed by atoms with E-state index in [0.717, 1.165) is 5.56 Å². The highest BCUT2D eigenvalue weighted by Gasteiger charge is 2.19. The van der Waals surface area contributed by atoms with Crippen LogP contribution in [0.4, 0.5) is 11.4 Å². The first-order valence-electron chi connectivity index (χ1n) is 8.46. The standard InChI is InChI=1S/C18H21N3O6/c1-3-15-12(18(23)24)10-16(27-15)17(22)20-8-4-7-19-13-6-5-11(2)9-14(13)21(25)26/h5-6,9-10,19H,3-4,7-8H2,1-2H3,(H,20,22)(H,23,24). The zero-order valence-corrected chi connectivity index (χ0v) is 15.1. The van der Waals surface area contributed by atoms with Crippen molar-refractivity contribution in [1.29, 1.82) is 0 Å². The number of hydrogen-bond donors (Lipinski definition) is 3. The third-order valence-electron chi connectivity index (χ3n) is 3.89. The maximum atomic E-state index is 12.1. The number of rotatable bonds is 9. The zero-order valence-electron chi connectivity index (χ0n) is 15.1. The minimum absolute atomic E-state index is 0.00270. The highest BCUT2D eigenvalue weighted by Crippen LogP contribution is 2.25. The van der Waals surface area contributed by atoms with Gasteiger partial charge in [0.25, 0.3) is 11.6 Å². The molecule has 0 aliphatic carbocycles. The molecule has 0 unspecified atom stereocenters. The second kappa shape index (κ2) is 8.84. The molecule has 0 aliphatic heterocycles. The van der Waals surface area contributed by atoms with Crippen LogP contribution in [0, 0.1) is 17.0 Å². The van der Waals surface area contributed by atoms with Crippen molar-refractivity contribution in [3.8, 4) is 0 Å². The topological polar surface area (TPSA) is 135 Å². The SMILES string of the molecule is CCc1oc(C(=O)NCCCNc2ccc(C)cc2[N+](=O)[O-])cc1C(=O)O. The van der Waals surface area contributed by atoms with Gasteiger partial charge in [-0.1, -0.05) is 13.0 Å². The van der Waals surface area contributed by atoms with Crippen LogP contribution in [-0.4, -0.2) is 35.0 Å². The first-order valence-corrected chi connectivity index (χ1v) is 8.46. The number of aromatic carboxylic acids is 1. The fourth-order valence-electron chi connectivity index (χ4n) is 2.53. The van der Waals surface area contributed by atoms with Crippen LogP contribution in [0.3, 0.4) is 0 Å². The molecule has 3 N–H and O–H groups in total. The summed E-state index contributed by atoms with van der Waals surface area (Å²) in [6, 6.07) is 6.13. The fraction of sp³-hybridized carbons (Fsp3) is 0.333. The average Bonchev–Trinajstić information content (AvgIpc) is 3.07. The summed E-state index contributed by atoms with van der Waals surface area (Å²) in [4.78, 5) is 33.8. The molecule has 0 atom stereocenters. The monoisotopic (exact) mass is 375 g/mol. The lowest BCUT2D eigenvalue weighted by atomic mass is 10.2. The average molecular weight is 375 g/mol. The van der Waals surface area contributed by atoms with Gasteiger partial charge in [-0.3, -0.25) is 14.9 Å². The summed E-state index contributed by atoms with van der Waals surface area (Å²) in [7, 11) is 0. The minimum Gasteiger partial charge on any atom is -0.478 e. The van der Waals surface area contributed by atoms with Gasteiger partial charge in [0.1, 0.15) is 17.0 Å². The van der Waals surface area contributed by atoms with Crippen LogP contribution in [0.2, 0.25) is 0 Å². The van der Waals surface area contributed by atoms with E-state index < -0.39 is 16.8 Å². The van der Waals surface area contributed by atoms with Crippen LogP contribution >= 0.6 is 0 Å². The second-order valence-corrected chi connectivity index (χ2v) is 5.92. The third kappa shape index (κ3) is 5.06. The van der Waals surface area contributed by atoms with E-state index in [0.29, 0.717) is 31.6 Å². The summed E-state index contributed by atoms with van der Waals surface area (Å²) in [5.74, 6) is -1.44. The number of carboxylic acid groups (broad SMARTS) is 1. The van der Waals surface area contributed by atoms with E-state index in [1.165, 1.54) is 12.1 Å². The highest BCUT2D eigenvalue weighted by atomic mass is 16.6. The fourth-order valence-corrected chi connectivity index (χ4v) is 2.53. The van der Waals surface area contributed by atoms with E-state index in [9.17, 15) is 19.7 Å². The quantitative estimate of drug-likeness (QED) is 0.348. The van der Waals surface area contributed by atoms with Gasteiger partial charge in [-0.25, -0.2) is 4.79 Å². The predicted molar refractivity (Wildman–Crippen MR) is 98.3 cm³/mol. The van der Waals surface area contributed by atoms with E-state index in [-0.39, 0.29) is 22.8 Å². The van der Waals surface area contributed by atoms with Gasteiger partial charge in [0.2, 0.25) is 0 Å². The van der Waals surface area contributed by atoms with E-state index in [1.54, 1.807) is 26.0 Å². The number of nitrogens with one attached hydrogen (secondary N) is 2. The first-order chi connectivity index (χ1) is 12.8. The van der Waals surface area contributed by atoms with Crippen molar-refractivity contribution >= 4 is 23.3 Å². The molecular weight excluding hydrogens is 354 g/mol. The molecule has 2 rings (SSSR count). The molecule has 27 heavy (non-hydrogen) atoms. The molecule has 0 saturated carbocycles. The Morgan fingerprint density at radius 3 is 2.59 bits per heavy atom. The van der Waals surface area contributed by atoms with Crippen LogP contribution in [0.15, 0.2) is 28.7 Å². The van der Waals surface area contributed by atoms with Crippen LogP contribution < -0.4 is 10.6 Å². The minimum atomic E-state index is -1.14. The Balaban J connectivity index is 1.85. The molecule has 1 heterocycles. The van der Waals surface area contributed by atoms with Gasteiger partial charge in [0.15, 0.2) is 5.76 Å². The van der Waals surface area contributed by atoms with Gasteiger partial charge < -0.3 is 20.2 Å². The summed E-state index contributed by atoms with van der Waals surface area (Å²) in [6.07, 6.45) is 0.887. The van der Waals surface area contributed by atoms with Crippen molar-refractivity contribution in [1.82, 2.24) is 5.32 Å². The van der Waals surface area contributed by atoms with Gasteiger partial charge in [-0.2, -0.15) is 0 Å². The summed E-state index contributed by atoms with van der Waals surface area (Å²) in [5, 5.41) is 25.8. The van der Waals surface area contributed by atoms with Gasteiger partial charge >= 0.3 is 5.97 Å². The lowest BCUT2D eigenvalue weighted by Crippen LogP contribution is -2.25. The van der Waals surface area contributed by atoms with Crippen molar-refractivity contribution in [3.05, 3.63) is 57.0 Å². The molecule has 0 saturated heterocycles. The number of aryl methyl sites for hydroxylation is 2. The number of carbonyl (C=O) groups excluding carboxylic acids is 1. The Morgan fingerprint density at radius 1 is 1.26 bits per heavy atom. The summed E-state index contributed by atoms with van der Waals surface area (Å²) < 4.78 is 5.28. The molecule has 9 nitrogen and oxygen atoms in total. The molecule has 9 heteroatoms. The van der Waals surface area contributed by atoms with Crippen LogP contribution in [0.25, 0.3) is 0 Å². The van der Waals surface area contributed by atoms with Gasteiger partial charge in [0, 0.05) is 31.6 Å². The van der Waals surface area contributed by atoms with E-state index >= 15 is 0 Å². The van der Waals surface area contributed by atoms with E-state index in [4.69, 9.17) is 9.52 Å². The number of carbonyl (C=O) groups is 2. The number of amides is 1. The Kier molecular flexibility index (Phi) is 6.53. The van der Waals surface area contributed by atoms with Crippen LogP contribution in [-0.2, 0) is 6.42 Å². The normalized spacial score (nSPS) is 10.4. The molecule has 0 fully saturated rings. The van der Waals surface area contributed by atoms with Crippen molar-refractivity contribution < 1.29 is 24.0 Å². The molecule has 1 aromatic carbocycles. The van der Waals surface area contributed by atoms with Crippen LogP contribution in [0.5, 0.6) is 0 Å². The number of anilines is 1. The van der Waals surface area contributed by atoms with Crippen molar-refractivity contribution in [2.45, 2.75) is 26.7 Å². The number of carboxylic acids is 1. The van der Waals surface area contributed by atoms with Gasteiger partial charge in [-0.05, 0) is 25.0 Å². The van der Waals surface area contributed by atoms with E-state index in [2.05, 4.69) is 10.6 Å². The Morgan fingerprint density at radius 2 is 2.00 bits per heavy atom. The number of nitrogens with zero attached hydrogens (tertiary/aromatic N) is 1. The lowest BCUT2D eigenvalue weighted by Gasteiger charge is -2.08. The van der Waals surface area contributed by atoms with Gasteiger partial charge in [0.05, 0.1) is 4.92 Å². The number of benzene rings is 1. The largest absolute Gasteiger partial charge is 0.478 e. The van der Waals surface area contributed by atoms with E-state index in [1.807, 2.05) is 0 Å². The molecule has 2 aromatic rings. The van der Waals surface area contributed by atoms with Crippen molar-refractivity contribution in [3.63, 3.8) is 0 Å². The molecule has 0 aliphatic rings. The van der Waals surface area contributed by atoms with Gasteiger partial charge in [-0.15, -0.1) is 0 Å².